The normalized spacial score (nSPS) is 20.8. The molecule has 0 saturated heterocycles. The first-order chi connectivity index (χ1) is 16.0. The van der Waals surface area contributed by atoms with Gasteiger partial charge < -0.3 is 19.7 Å². The van der Waals surface area contributed by atoms with E-state index in [4.69, 9.17) is 4.42 Å². The number of carboxylic acids is 1. The van der Waals surface area contributed by atoms with E-state index in [1.807, 2.05) is 24.3 Å². The van der Waals surface area contributed by atoms with Gasteiger partial charge in [0, 0.05) is 12.6 Å². The SMILES string of the molecule is CC(C)CN(c1ccc(C2CC2C(=O)O)cc1Nc1nc2ccccc2o1)C1CCCCC1. The summed E-state index contributed by atoms with van der Waals surface area (Å²) in [4.78, 5) is 18.7. The summed E-state index contributed by atoms with van der Waals surface area (Å²) in [6.45, 7) is 5.51. The van der Waals surface area contributed by atoms with Gasteiger partial charge in [-0.1, -0.05) is 51.3 Å². The maximum atomic E-state index is 11.5. The molecule has 2 aromatic carbocycles. The van der Waals surface area contributed by atoms with Crippen molar-refractivity contribution in [2.24, 2.45) is 11.8 Å². The average molecular weight is 448 g/mol. The second-order valence-corrected chi connectivity index (χ2v) is 10.0. The summed E-state index contributed by atoms with van der Waals surface area (Å²) in [7, 11) is 0. The van der Waals surface area contributed by atoms with Crippen LogP contribution in [0.15, 0.2) is 46.9 Å². The van der Waals surface area contributed by atoms with Gasteiger partial charge in [-0.25, -0.2) is 0 Å². The minimum atomic E-state index is -0.707. The molecule has 174 valence electrons. The number of benzene rings is 2. The predicted octanol–water partition coefficient (Wildman–Crippen LogP) is 6.55. The number of fused-ring (bicyclic) bond motifs is 1. The fraction of sp³-hybridized carbons (Fsp3) is 0.481. The number of nitrogens with zero attached hydrogens (tertiary/aromatic N) is 2. The quantitative estimate of drug-likeness (QED) is 0.407. The molecule has 6 heteroatoms. The fourth-order valence-electron chi connectivity index (χ4n) is 5.24. The summed E-state index contributed by atoms with van der Waals surface area (Å²) in [5.74, 6) is -0.378. The Balaban J connectivity index is 1.52. The van der Waals surface area contributed by atoms with E-state index in [1.165, 1.54) is 32.1 Å². The van der Waals surface area contributed by atoms with Crippen LogP contribution in [0.4, 0.5) is 17.4 Å². The first-order valence-electron chi connectivity index (χ1n) is 12.3. The Morgan fingerprint density at radius 2 is 1.97 bits per heavy atom. The van der Waals surface area contributed by atoms with Crippen LogP contribution in [-0.4, -0.2) is 28.6 Å². The number of carbonyl (C=O) groups is 1. The van der Waals surface area contributed by atoms with Crippen LogP contribution in [0.2, 0.25) is 0 Å². The lowest BCUT2D eigenvalue weighted by atomic mass is 9.92. The van der Waals surface area contributed by atoms with Crippen LogP contribution in [0.5, 0.6) is 0 Å². The Hall–Kier alpha value is -3.02. The summed E-state index contributed by atoms with van der Waals surface area (Å²) in [6, 6.07) is 15.1. The molecule has 6 nitrogen and oxygen atoms in total. The molecular formula is C27H33N3O3. The Morgan fingerprint density at radius 1 is 1.18 bits per heavy atom. The largest absolute Gasteiger partial charge is 0.481 e. The lowest BCUT2D eigenvalue weighted by Gasteiger charge is -2.38. The molecule has 5 rings (SSSR count). The molecule has 2 atom stereocenters. The molecular weight excluding hydrogens is 414 g/mol. The van der Waals surface area contributed by atoms with Crippen LogP contribution in [-0.2, 0) is 4.79 Å². The number of hydrogen-bond donors (Lipinski definition) is 2. The van der Waals surface area contributed by atoms with Crippen molar-refractivity contribution in [3.8, 4) is 0 Å². The zero-order chi connectivity index (χ0) is 22.9. The first kappa shape index (κ1) is 21.8. The van der Waals surface area contributed by atoms with E-state index < -0.39 is 5.97 Å². The number of oxazole rings is 1. The number of nitrogens with one attached hydrogen (secondary N) is 1. The van der Waals surface area contributed by atoms with E-state index in [0.29, 0.717) is 24.4 Å². The zero-order valence-corrected chi connectivity index (χ0v) is 19.5. The molecule has 0 bridgehead atoms. The van der Waals surface area contributed by atoms with Crippen molar-refractivity contribution in [1.82, 2.24) is 4.98 Å². The first-order valence-corrected chi connectivity index (χ1v) is 12.3. The standard InChI is InChI=1S/C27H33N3O3/c1-17(2)16-30(19-8-4-3-5-9-19)24-13-12-18(20-15-21(20)26(31)32)14-23(24)29-27-28-22-10-6-7-11-25(22)33-27/h6-7,10-14,17,19-21H,3-5,8-9,15-16H2,1-2H3,(H,28,29)(H,31,32). The smallest absolute Gasteiger partial charge is 0.307 e. The molecule has 0 spiro atoms. The predicted molar refractivity (Wildman–Crippen MR) is 131 cm³/mol. The monoisotopic (exact) mass is 447 g/mol. The van der Waals surface area contributed by atoms with Crippen LogP contribution >= 0.6 is 0 Å². The summed E-state index contributed by atoms with van der Waals surface area (Å²) < 4.78 is 5.97. The number of para-hydroxylation sites is 2. The second-order valence-electron chi connectivity index (χ2n) is 10.0. The van der Waals surface area contributed by atoms with Gasteiger partial charge in [0.05, 0.1) is 17.3 Å². The Labute approximate surface area is 195 Å². The van der Waals surface area contributed by atoms with Gasteiger partial charge in [-0.15, -0.1) is 0 Å². The third kappa shape index (κ3) is 4.70. The van der Waals surface area contributed by atoms with Gasteiger partial charge in [-0.2, -0.15) is 4.98 Å². The highest BCUT2D eigenvalue weighted by Gasteiger charge is 2.44. The van der Waals surface area contributed by atoms with E-state index in [0.717, 1.165) is 34.6 Å². The number of rotatable bonds is 8. The van der Waals surface area contributed by atoms with Crippen LogP contribution in [0.25, 0.3) is 11.1 Å². The third-order valence-corrected chi connectivity index (χ3v) is 6.98. The third-order valence-electron chi connectivity index (χ3n) is 6.98. The summed E-state index contributed by atoms with van der Waals surface area (Å²) >= 11 is 0. The van der Waals surface area contributed by atoms with Gasteiger partial charge in [0.1, 0.15) is 5.52 Å². The fourth-order valence-corrected chi connectivity index (χ4v) is 5.24. The highest BCUT2D eigenvalue weighted by Crippen LogP contribution is 2.49. The van der Waals surface area contributed by atoms with Crippen LogP contribution < -0.4 is 10.2 Å². The molecule has 1 aromatic heterocycles. The van der Waals surface area contributed by atoms with Crippen molar-refractivity contribution >= 4 is 34.5 Å². The van der Waals surface area contributed by atoms with Gasteiger partial charge in [0.25, 0.3) is 6.01 Å². The van der Waals surface area contributed by atoms with Crippen LogP contribution in [0.3, 0.4) is 0 Å². The molecule has 0 amide bonds. The van der Waals surface area contributed by atoms with Gasteiger partial charge in [-0.3, -0.25) is 4.79 Å². The lowest BCUT2D eigenvalue weighted by molar-refractivity contribution is -0.138. The molecule has 33 heavy (non-hydrogen) atoms. The summed E-state index contributed by atoms with van der Waals surface area (Å²) in [5, 5.41) is 12.9. The van der Waals surface area contributed by atoms with Crippen LogP contribution in [0.1, 0.15) is 63.9 Å². The van der Waals surface area contributed by atoms with Crippen LogP contribution in [0, 0.1) is 11.8 Å². The lowest BCUT2D eigenvalue weighted by Crippen LogP contribution is -2.39. The van der Waals surface area contributed by atoms with Crippen molar-refractivity contribution in [1.29, 1.82) is 0 Å². The average Bonchev–Trinajstić information content (AvgIpc) is 3.51. The van der Waals surface area contributed by atoms with Crippen molar-refractivity contribution in [3.63, 3.8) is 0 Å². The zero-order valence-electron chi connectivity index (χ0n) is 19.5. The number of hydrogen-bond acceptors (Lipinski definition) is 5. The summed E-state index contributed by atoms with van der Waals surface area (Å²) in [6.07, 6.45) is 6.98. The minimum absolute atomic E-state index is 0.0777. The molecule has 2 aliphatic carbocycles. The maximum absolute atomic E-state index is 11.5. The molecule has 0 aliphatic heterocycles. The van der Waals surface area contributed by atoms with Crippen molar-refractivity contribution in [3.05, 3.63) is 48.0 Å². The molecule has 2 fully saturated rings. The topological polar surface area (TPSA) is 78.6 Å². The molecule has 2 aliphatic rings. The van der Waals surface area contributed by atoms with Gasteiger partial charge in [0.15, 0.2) is 5.58 Å². The number of anilines is 3. The Kier molecular flexibility index (Phi) is 6.00. The number of aliphatic carboxylic acids is 1. The summed E-state index contributed by atoms with van der Waals surface area (Å²) in [5.41, 5.74) is 4.72. The van der Waals surface area contributed by atoms with E-state index >= 15 is 0 Å². The number of aromatic nitrogens is 1. The molecule has 2 N–H and O–H groups in total. The maximum Gasteiger partial charge on any atom is 0.307 e. The molecule has 0 radical (unpaired) electrons. The van der Waals surface area contributed by atoms with E-state index in [9.17, 15) is 9.90 Å². The van der Waals surface area contributed by atoms with Crippen molar-refractivity contribution in [2.75, 3.05) is 16.8 Å². The van der Waals surface area contributed by atoms with Gasteiger partial charge in [-0.05, 0) is 60.9 Å². The Bertz CT molecular complexity index is 1100. The highest BCUT2D eigenvalue weighted by atomic mass is 16.4. The van der Waals surface area contributed by atoms with Crippen molar-refractivity contribution < 1.29 is 14.3 Å². The molecule has 2 unspecified atom stereocenters. The van der Waals surface area contributed by atoms with Gasteiger partial charge in [0.2, 0.25) is 0 Å². The second kappa shape index (κ2) is 9.08. The highest BCUT2D eigenvalue weighted by molar-refractivity contribution is 5.80. The molecule has 1 heterocycles. The minimum Gasteiger partial charge on any atom is -0.481 e. The van der Waals surface area contributed by atoms with E-state index in [-0.39, 0.29) is 11.8 Å². The molecule has 2 saturated carbocycles. The van der Waals surface area contributed by atoms with E-state index in [1.54, 1.807) is 0 Å². The van der Waals surface area contributed by atoms with Crippen molar-refractivity contribution in [2.45, 2.75) is 64.3 Å². The van der Waals surface area contributed by atoms with E-state index in [2.05, 4.69) is 47.2 Å². The number of carboxylic acid groups (broad SMARTS) is 1. The van der Waals surface area contributed by atoms with Gasteiger partial charge >= 0.3 is 5.97 Å². The Morgan fingerprint density at radius 3 is 2.67 bits per heavy atom. The molecule has 3 aromatic rings.